The zero-order valence-corrected chi connectivity index (χ0v) is 21.2. The molecule has 190 valence electrons. The highest BCUT2D eigenvalue weighted by atomic mass is 16.3. The second-order valence-electron chi connectivity index (χ2n) is 10.7. The van der Waals surface area contributed by atoms with E-state index in [4.69, 9.17) is 0 Å². The number of aromatic nitrogens is 4. The fourth-order valence-electron chi connectivity index (χ4n) is 4.99. The minimum absolute atomic E-state index is 0.0389. The molecule has 0 saturated carbocycles. The van der Waals surface area contributed by atoms with Gasteiger partial charge in [0.05, 0.1) is 12.1 Å². The van der Waals surface area contributed by atoms with E-state index < -0.39 is 0 Å². The highest BCUT2D eigenvalue weighted by molar-refractivity contribution is 5.90. The fourth-order valence-corrected chi connectivity index (χ4v) is 4.99. The number of anilines is 2. The molecule has 9 heteroatoms. The smallest absolute Gasteiger partial charge is 0.317 e. The number of aliphatic hydroxyl groups excluding tert-OH is 1. The van der Waals surface area contributed by atoms with E-state index in [2.05, 4.69) is 55.6 Å². The van der Waals surface area contributed by atoms with Gasteiger partial charge in [-0.05, 0) is 69.9 Å². The summed E-state index contributed by atoms with van der Waals surface area (Å²) in [5.41, 5.74) is 3.66. The molecule has 3 aromatic heterocycles. The maximum absolute atomic E-state index is 12.5. The Morgan fingerprint density at radius 2 is 1.86 bits per heavy atom. The number of carbonyl (C=O) groups excluding carboxylic acids is 1. The highest BCUT2D eigenvalue weighted by Gasteiger charge is 2.25. The van der Waals surface area contributed by atoms with E-state index in [0.29, 0.717) is 12.5 Å². The van der Waals surface area contributed by atoms with Crippen LogP contribution in [0, 0.1) is 5.92 Å². The Balaban J connectivity index is 1.26. The summed E-state index contributed by atoms with van der Waals surface area (Å²) < 4.78 is 4.29. The number of carbonyl (C=O) groups is 1. The summed E-state index contributed by atoms with van der Waals surface area (Å²) in [6, 6.07) is 10.5. The summed E-state index contributed by atoms with van der Waals surface area (Å²) in [6.45, 7) is 9.13. The van der Waals surface area contributed by atoms with Gasteiger partial charge in [-0.1, -0.05) is 0 Å². The number of hydrogen-bond acceptors (Lipinski definition) is 5. The van der Waals surface area contributed by atoms with Gasteiger partial charge >= 0.3 is 6.03 Å². The van der Waals surface area contributed by atoms with Crippen molar-refractivity contribution in [3.63, 3.8) is 0 Å². The van der Waals surface area contributed by atoms with Crippen molar-refractivity contribution in [3.05, 3.63) is 49.1 Å². The minimum Gasteiger partial charge on any atom is -0.395 e. The molecule has 0 spiro atoms. The van der Waals surface area contributed by atoms with Gasteiger partial charge in [0, 0.05) is 60.7 Å². The Morgan fingerprint density at radius 3 is 2.61 bits per heavy atom. The molecular formula is C27H35N7O2. The summed E-state index contributed by atoms with van der Waals surface area (Å²) in [4.78, 5) is 23.2. The lowest BCUT2D eigenvalue weighted by molar-refractivity contribution is 0.159. The van der Waals surface area contributed by atoms with Crippen molar-refractivity contribution in [3.8, 4) is 0 Å². The van der Waals surface area contributed by atoms with Crippen LogP contribution in [0.2, 0.25) is 0 Å². The van der Waals surface area contributed by atoms with Crippen molar-refractivity contribution in [2.75, 3.05) is 25.0 Å². The number of benzene rings is 1. The maximum Gasteiger partial charge on any atom is 0.317 e. The number of amides is 2. The van der Waals surface area contributed by atoms with Crippen molar-refractivity contribution >= 4 is 39.5 Å². The van der Waals surface area contributed by atoms with Crippen LogP contribution >= 0.6 is 0 Å². The molecule has 1 fully saturated rings. The van der Waals surface area contributed by atoms with E-state index in [1.807, 2.05) is 42.5 Å². The monoisotopic (exact) mass is 489 g/mol. The number of urea groups is 1. The number of rotatable bonds is 6. The van der Waals surface area contributed by atoms with E-state index in [9.17, 15) is 9.90 Å². The van der Waals surface area contributed by atoms with Crippen LogP contribution < -0.4 is 10.6 Å². The van der Waals surface area contributed by atoms with Gasteiger partial charge in [-0.3, -0.25) is 0 Å². The Labute approximate surface area is 211 Å². The number of nitrogens with one attached hydrogen (secondary N) is 2. The fraction of sp³-hybridized carbons (Fsp3) is 0.444. The molecule has 36 heavy (non-hydrogen) atoms. The van der Waals surface area contributed by atoms with E-state index in [1.54, 1.807) is 6.33 Å². The third kappa shape index (κ3) is 5.16. The van der Waals surface area contributed by atoms with Gasteiger partial charge in [-0.25, -0.2) is 14.8 Å². The number of likely N-dealkylation sites (tertiary alicyclic amines) is 1. The van der Waals surface area contributed by atoms with Crippen molar-refractivity contribution in [2.45, 2.75) is 52.2 Å². The lowest BCUT2D eigenvalue weighted by Gasteiger charge is -2.34. The molecule has 3 N–H and O–H groups in total. The van der Waals surface area contributed by atoms with Crippen LogP contribution in [-0.4, -0.2) is 60.4 Å². The molecule has 9 nitrogen and oxygen atoms in total. The van der Waals surface area contributed by atoms with Crippen LogP contribution in [0.5, 0.6) is 0 Å². The molecule has 0 bridgehead atoms. The van der Waals surface area contributed by atoms with Gasteiger partial charge in [0.2, 0.25) is 0 Å². The third-order valence-corrected chi connectivity index (χ3v) is 6.76. The molecule has 5 rings (SSSR count). The predicted molar refractivity (Wildman–Crippen MR) is 142 cm³/mol. The van der Waals surface area contributed by atoms with Crippen molar-refractivity contribution in [1.82, 2.24) is 29.3 Å². The first-order valence-electron chi connectivity index (χ1n) is 12.6. The van der Waals surface area contributed by atoms with E-state index >= 15 is 0 Å². The molecule has 1 aliphatic heterocycles. The average molecular weight is 490 g/mol. The Hall–Kier alpha value is -3.59. The van der Waals surface area contributed by atoms with Crippen molar-refractivity contribution < 1.29 is 9.90 Å². The Kier molecular flexibility index (Phi) is 6.57. The first-order valence-corrected chi connectivity index (χ1v) is 12.6. The lowest BCUT2D eigenvalue weighted by Crippen LogP contribution is -2.50. The van der Waals surface area contributed by atoms with Crippen LogP contribution in [0.3, 0.4) is 0 Å². The van der Waals surface area contributed by atoms with Gasteiger partial charge in [0.15, 0.2) is 5.82 Å². The van der Waals surface area contributed by atoms with Crippen LogP contribution in [0.15, 0.2) is 49.1 Å². The molecule has 0 atom stereocenters. The minimum atomic E-state index is -0.213. The molecule has 1 aliphatic rings. The predicted octanol–water partition coefficient (Wildman–Crippen LogP) is 4.34. The highest BCUT2D eigenvalue weighted by Crippen LogP contribution is 2.28. The summed E-state index contributed by atoms with van der Waals surface area (Å²) in [6.07, 6.45) is 7.65. The van der Waals surface area contributed by atoms with Gasteiger partial charge < -0.3 is 29.8 Å². The molecule has 2 amide bonds. The zero-order chi connectivity index (χ0) is 25.3. The molecule has 0 radical (unpaired) electrons. The standard InChI is InChI=1S/C27H35N7O2/c1-27(2,3)31-26(36)33-10-6-19(7-11-33)17-34-12-8-20-16-21(4-5-23(20)34)30-25-24-22(28-18-29-25)9-13-32(24)14-15-35/h4-5,8-9,12-13,16,18-19,35H,6-7,10-11,14-15,17H2,1-3H3,(H,31,36)(H,28,29,30). The first kappa shape index (κ1) is 24.1. The largest absolute Gasteiger partial charge is 0.395 e. The Morgan fingerprint density at radius 1 is 1.08 bits per heavy atom. The molecule has 0 unspecified atom stereocenters. The summed E-state index contributed by atoms with van der Waals surface area (Å²) >= 11 is 0. The van der Waals surface area contributed by atoms with Gasteiger partial charge in [0.1, 0.15) is 11.8 Å². The van der Waals surface area contributed by atoms with E-state index in [0.717, 1.165) is 60.4 Å². The molecule has 4 aromatic rings. The summed E-state index contributed by atoms with van der Waals surface area (Å²) in [5, 5.41) is 17.1. The first-order chi connectivity index (χ1) is 17.3. The number of nitrogens with zero attached hydrogens (tertiary/aromatic N) is 5. The number of piperidine rings is 1. The molecule has 1 aromatic carbocycles. The van der Waals surface area contributed by atoms with Crippen LogP contribution in [0.1, 0.15) is 33.6 Å². The number of hydrogen-bond donors (Lipinski definition) is 3. The van der Waals surface area contributed by atoms with Gasteiger partial charge in [-0.15, -0.1) is 0 Å². The lowest BCUT2D eigenvalue weighted by atomic mass is 9.96. The topological polar surface area (TPSA) is 100 Å². The quantitative estimate of drug-likeness (QED) is 0.374. The number of aliphatic hydroxyl groups is 1. The zero-order valence-electron chi connectivity index (χ0n) is 21.2. The summed E-state index contributed by atoms with van der Waals surface area (Å²) in [5.74, 6) is 1.27. The second-order valence-corrected chi connectivity index (χ2v) is 10.7. The Bertz CT molecular complexity index is 1360. The average Bonchev–Trinajstić information content (AvgIpc) is 3.43. The maximum atomic E-state index is 12.5. The van der Waals surface area contributed by atoms with Crippen LogP contribution in [0.4, 0.5) is 16.3 Å². The summed E-state index contributed by atoms with van der Waals surface area (Å²) in [7, 11) is 0. The second kappa shape index (κ2) is 9.81. The van der Waals surface area contributed by atoms with Gasteiger partial charge in [-0.2, -0.15) is 0 Å². The van der Waals surface area contributed by atoms with Crippen LogP contribution in [0.25, 0.3) is 21.9 Å². The van der Waals surface area contributed by atoms with E-state index in [1.165, 1.54) is 5.52 Å². The van der Waals surface area contributed by atoms with Crippen molar-refractivity contribution in [1.29, 1.82) is 0 Å². The number of fused-ring (bicyclic) bond motifs is 2. The van der Waals surface area contributed by atoms with Gasteiger partial charge in [0.25, 0.3) is 0 Å². The SMILES string of the molecule is CC(C)(C)NC(=O)N1CCC(Cn2ccc3cc(Nc4ncnc5ccn(CCO)c45)ccc32)CC1. The third-order valence-electron chi connectivity index (χ3n) is 6.76. The normalized spacial score (nSPS) is 15.1. The van der Waals surface area contributed by atoms with Crippen molar-refractivity contribution in [2.24, 2.45) is 5.92 Å². The molecule has 4 heterocycles. The molecular weight excluding hydrogens is 454 g/mol. The molecule has 0 aliphatic carbocycles. The molecule has 1 saturated heterocycles. The van der Waals surface area contributed by atoms with Crippen LogP contribution in [-0.2, 0) is 13.1 Å². The van der Waals surface area contributed by atoms with E-state index in [-0.39, 0.29) is 18.2 Å².